The standard InChI is InChI=1S/C18H27N5O/c1-2-3-11-23-17(19-20-21-23)14-22-12-9-16(10-13-22)18(24)15-7-5-4-6-8-15/h4-8,16,18,24H,2-3,9-14H2,1H3/t18-/m1/s1. The van der Waals surface area contributed by atoms with Gasteiger partial charge >= 0.3 is 0 Å². The molecule has 2 aromatic rings. The smallest absolute Gasteiger partial charge is 0.165 e. The highest BCUT2D eigenvalue weighted by molar-refractivity contribution is 5.18. The molecule has 1 aliphatic rings. The second-order valence-corrected chi connectivity index (χ2v) is 6.64. The fraction of sp³-hybridized carbons (Fsp3) is 0.611. The predicted molar refractivity (Wildman–Crippen MR) is 92.1 cm³/mol. The van der Waals surface area contributed by atoms with Crippen molar-refractivity contribution in [3.63, 3.8) is 0 Å². The van der Waals surface area contributed by atoms with Gasteiger partial charge in [-0.1, -0.05) is 43.7 Å². The molecule has 1 aromatic heterocycles. The summed E-state index contributed by atoms with van der Waals surface area (Å²) >= 11 is 0. The molecule has 1 fully saturated rings. The maximum absolute atomic E-state index is 10.6. The minimum absolute atomic E-state index is 0.333. The van der Waals surface area contributed by atoms with Crippen LogP contribution in [-0.4, -0.2) is 43.3 Å². The molecule has 0 amide bonds. The molecule has 24 heavy (non-hydrogen) atoms. The molecule has 1 saturated heterocycles. The SMILES string of the molecule is CCCCn1nnnc1CN1CCC([C@H](O)c2ccccc2)CC1. The molecule has 130 valence electrons. The molecule has 3 rings (SSSR count). The lowest BCUT2D eigenvalue weighted by Gasteiger charge is -2.34. The maximum atomic E-state index is 10.6. The zero-order chi connectivity index (χ0) is 16.8. The van der Waals surface area contributed by atoms with Crippen LogP contribution in [-0.2, 0) is 13.1 Å². The number of hydrogen-bond acceptors (Lipinski definition) is 5. The zero-order valence-electron chi connectivity index (χ0n) is 14.4. The molecule has 0 saturated carbocycles. The van der Waals surface area contributed by atoms with Crippen LogP contribution in [0.5, 0.6) is 0 Å². The van der Waals surface area contributed by atoms with Crippen LogP contribution in [0.1, 0.15) is 50.1 Å². The molecule has 6 heteroatoms. The number of aromatic nitrogens is 4. The van der Waals surface area contributed by atoms with Gasteiger partial charge in [0.1, 0.15) is 0 Å². The van der Waals surface area contributed by atoms with Gasteiger partial charge in [-0.2, -0.15) is 0 Å². The van der Waals surface area contributed by atoms with Crippen molar-refractivity contribution in [3.05, 3.63) is 41.7 Å². The largest absolute Gasteiger partial charge is 0.388 e. The van der Waals surface area contributed by atoms with Crippen molar-refractivity contribution in [1.82, 2.24) is 25.1 Å². The minimum atomic E-state index is -0.358. The number of benzene rings is 1. The first-order chi connectivity index (χ1) is 11.8. The van der Waals surface area contributed by atoms with Crippen LogP contribution in [0, 0.1) is 5.92 Å². The lowest BCUT2D eigenvalue weighted by molar-refractivity contribution is 0.0556. The first kappa shape index (κ1) is 17.0. The average Bonchev–Trinajstić information content (AvgIpc) is 3.07. The summed E-state index contributed by atoms with van der Waals surface area (Å²) in [5.41, 5.74) is 1.03. The summed E-state index contributed by atoms with van der Waals surface area (Å²) in [4.78, 5) is 2.39. The van der Waals surface area contributed by atoms with E-state index in [1.165, 1.54) is 0 Å². The van der Waals surface area contributed by atoms with Gasteiger partial charge in [0.15, 0.2) is 5.82 Å². The fourth-order valence-corrected chi connectivity index (χ4v) is 3.37. The zero-order valence-corrected chi connectivity index (χ0v) is 14.4. The quantitative estimate of drug-likeness (QED) is 0.845. The lowest BCUT2D eigenvalue weighted by atomic mass is 9.87. The van der Waals surface area contributed by atoms with Crippen LogP contribution < -0.4 is 0 Å². The number of piperidine rings is 1. The van der Waals surface area contributed by atoms with Gasteiger partial charge in [-0.25, -0.2) is 4.68 Å². The van der Waals surface area contributed by atoms with Crippen molar-refractivity contribution in [2.24, 2.45) is 5.92 Å². The highest BCUT2D eigenvalue weighted by atomic mass is 16.3. The number of hydrogen-bond donors (Lipinski definition) is 1. The number of nitrogens with zero attached hydrogens (tertiary/aromatic N) is 5. The molecule has 1 atom stereocenters. The van der Waals surface area contributed by atoms with E-state index in [2.05, 4.69) is 27.3 Å². The van der Waals surface area contributed by atoms with E-state index in [0.29, 0.717) is 5.92 Å². The highest BCUT2D eigenvalue weighted by Crippen LogP contribution is 2.30. The third-order valence-corrected chi connectivity index (χ3v) is 4.91. The summed E-state index contributed by atoms with van der Waals surface area (Å²) in [7, 11) is 0. The van der Waals surface area contributed by atoms with Crippen molar-refractivity contribution < 1.29 is 5.11 Å². The van der Waals surface area contributed by atoms with Gasteiger partial charge in [0.25, 0.3) is 0 Å². The number of likely N-dealkylation sites (tertiary alicyclic amines) is 1. The van der Waals surface area contributed by atoms with Crippen molar-refractivity contribution >= 4 is 0 Å². The van der Waals surface area contributed by atoms with Crippen molar-refractivity contribution in [2.75, 3.05) is 13.1 Å². The summed E-state index contributed by atoms with van der Waals surface area (Å²) in [6.07, 6.45) is 3.90. The Hall–Kier alpha value is -1.79. The first-order valence-corrected chi connectivity index (χ1v) is 8.98. The molecule has 0 aliphatic carbocycles. The third kappa shape index (κ3) is 4.19. The van der Waals surface area contributed by atoms with Gasteiger partial charge in [0, 0.05) is 6.54 Å². The van der Waals surface area contributed by atoms with Gasteiger partial charge < -0.3 is 5.11 Å². The lowest BCUT2D eigenvalue weighted by Crippen LogP contribution is -2.36. The monoisotopic (exact) mass is 329 g/mol. The van der Waals surface area contributed by atoms with Gasteiger partial charge in [0.2, 0.25) is 0 Å². The topological polar surface area (TPSA) is 67.1 Å². The summed E-state index contributed by atoms with van der Waals surface area (Å²) in [6.45, 7) is 5.82. The molecule has 0 radical (unpaired) electrons. The normalized spacial score (nSPS) is 17.9. The van der Waals surface area contributed by atoms with Crippen LogP contribution in [0.4, 0.5) is 0 Å². The Kier molecular flexibility index (Phi) is 5.93. The van der Waals surface area contributed by atoms with E-state index in [0.717, 1.165) is 63.3 Å². The Morgan fingerprint density at radius 1 is 1.21 bits per heavy atom. The Labute approximate surface area is 143 Å². The Morgan fingerprint density at radius 3 is 2.67 bits per heavy atom. The second kappa shape index (κ2) is 8.35. The van der Waals surface area contributed by atoms with E-state index in [1.54, 1.807) is 0 Å². The number of unbranched alkanes of at least 4 members (excludes halogenated alkanes) is 1. The molecule has 6 nitrogen and oxygen atoms in total. The van der Waals surface area contributed by atoms with Gasteiger partial charge in [0.05, 0.1) is 12.6 Å². The summed E-state index contributed by atoms with van der Waals surface area (Å²) in [5.74, 6) is 1.28. The third-order valence-electron chi connectivity index (χ3n) is 4.91. The number of aliphatic hydroxyl groups excluding tert-OH is 1. The van der Waals surface area contributed by atoms with E-state index in [9.17, 15) is 5.11 Å². The van der Waals surface area contributed by atoms with Gasteiger partial charge in [-0.15, -0.1) is 5.10 Å². The average molecular weight is 329 g/mol. The van der Waals surface area contributed by atoms with Crippen molar-refractivity contribution in [2.45, 2.75) is 51.8 Å². The molecule has 1 aliphatic heterocycles. The molecule has 0 unspecified atom stereocenters. The van der Waals surface area contributed by atoms with Gasteiger partial charge in [-0.05, 0) is 54.3 Å². The van der Waals surface area contributed by atoms with E-state index < -0.39 is 0 Å². The van der Waals surface area contributed by atoms with Crippen LogP contribution in [0.2, 0.25) is 0 Å². The van der Waals surface area contributed by atoms with E-state index in [-0.39, 0.29) is 6.10 Å². The van der Waals surface area contributed by atoms with E-state index >= 15 is 0 Å². The number of rotatable bonds is 7. The minimum Gasteiger partial charge on any atom is -0.388 e. The van der Waals surface area contributed by atoms with E-state index in [1.807, 2.05) is 35.0 Å². The molecule has 0 spiro atoms. The predicted octanol–water partition coefficient (Wildman–Crippen LogP) is 2.42. The van der Waals surface area contributed by atoms with Crippen LogP contribution in [0.25, 0.3) is 0 Å². The summed E-state index contributed by atoms with van der Waals surface area (Å²) in [6, 6.07) is 9.99. The van der Waals surface area contributed by atoms with E-state index in [4.69, 9.17) is 0 Å². The van der Waals surface area contributed by atoms with Crippen LogP contribution in [0.15, 0.2) is 30.3 Å². The molecule has 0 bridgehead atoms. The summed E-state index contributed by atoms with van der Waals surface area (Å²) in [5, 5.41) is 22.7. The van der Waals surface area contributed by atoms with Crippen LogP contribution in [0.3, 0.4) is 0 Å². The fourth-order valence-electron chi connectivity index (χ4n) is 3.37. The number of aryl methyl sites for hydroxylation is 1. The molecule has 1 N–H and O–H groups in total. The molecule has 1 aromatic carbocycles. The first-order valence-electron chi connectivity index (χ1n) is 8.98. The highest BCUT2D eigenvalue weighted by Gasteiger charge is 2.26. The second-order valence-electron chi connectivity index (χ2n) is 6.64. The van der Waals surface area contributed by atoms with Crippen molar-refractivity contribution in [1.29, 1.82) is 0 Å². The molecular weight excluding hydrogens is 302 g/mol. The Bertz CT molecular complexity index is 607. The molecule has 2 heterocycles. The Balaban J connectivity index is 1.51. The Morgan fingerprint density at radius 2 is 1.96 bits per heavy atom. The number of aliphatic hydroxyl groups is 1. The molecular formula is C18H27N5O. The summed E-state index contributed by atoms with van der Waals surface area (Å²) < 4.78 is 1.93. The van der Waals surface area contributed by atoms with Crippen LogP contribution >= 0.6 is 0 Å². The number of tetrazole rings is 1. The van der Waals surface area contributed by atoms with Crippen molar-refractivity contribution in [3.8, 4) is 0 Å². The van der Waals surface area contributed by atoms with Gasteiger partial charge in [-0.3, -0.25) is 4.90 Å². The maximum Gasteiger partial charge on any atom is 0.165 e.